The van der Waals surface area contributed by atoms with Crippen LogP contribution in [-0.2, 0) is 11.3 Å². The fourth-order valence-electron chi connectivity index (χ4n) is 2.60. The molecule has 0 radical (unpaired) electrons. The molecule has 1 aliphatic heterocycles. The average Bonchev–Trinajstić information content (AvgIpc) is 2.95. The molecule has 2 heterocycles. The fraction of sp³-hybridized carbons (Fsp3) is 0.385. The molecule has 1 fully saturated rings. The summed E-state index contributed by atoms with van der Waals surface area (Å²) < 4.78 is 13.1. The lowest BCUT2D eigenvalue weighted by Crippen LogP contribution is -2.35. The Balaban J connectivity index is 1.83. The van der Waals surface area contributed by atoms with Gasteiger partial charge in [0.05, 0.1) is 17.6 Å². The predicted molar refractivity (Wildman–Crippen MR) is 67.1 cm³/mol. The van der Waals surface area contributed by atoms with Crippen LogP contribution in [0.25, 0.3) is 11.0 Å². The number of hydrogen-bond acceptors (Lipinski definition) is 3. The van der Waals surface area contributed by atoms with Crippen molar-refractivity contribution >= 4 is 17.0 Å². The molecule has 5 nitrogen and oxygen atoms in total. The molecule has 0 aliphatic carbocycles. The summed E-state index contributed by atoms with van der Waals surface area (Å²) in [6, 6.07) is 3.93. The van der Waals surface area contributed by atoms with Crippen molar-refractivity contribution < 1.29 is 14.3 Å². The first-order valence-electron chi connectivity index (χ1n) is 6.24. The summed E-state index contributed by atoms with van der Waals surface area (Å²) in [4.78, 5) is 20.4. The number of fused-ring (bicyclic) bond motifs is 1. The van der Waals surface area contributed by atoms with E-state index in [9.17, 15) is 9.18 Å². The highest BCUT2D eigenvalue weighted by Crippen LogP contribution is 2.20. The summed E-state index contributed by atoms with van der Waals surface area (Å²) in [5.41, 5.74) is 1.34. The minimum Gasteiger partial charge on any atom is -0.480 e. The van der Waals surface area contributed by atoms with Gasteiger partial charge in [-0.2, -0.15) is 0 Å². The molecule has 1 aromatic carbocycles. The Bertz CT molecular complexity index is 625. The molecule has 1 atom stereocenters. The Labute approximate surface area is 109 Å². The lowest BCUT2D eigenvalue weighted by molar-refractivity contribution is -0.142. The monoisotopic (exact) mass is 263 g/mol. The van der Waals surface area contributed by atoms with E-state index in [1.165, 1.54) is 12.1 Å². The summed E-state index contributed by atoms with van der Waals surface area (Å²) in [5.74, 6) is -0.430. The second-order valence-corrected chi connectivity index (χ2v) is 4.81. The van der Waals surface area contributed by atoms with E-state index < -0.39 is 12.0 Å². The fourth-order valence-corrected chi connectivity index (χ4v) is 2.60. The number of carboxylic acid groups (broad SMARTS) is 1. The van der Waals surface area contributed by atoms with E-state index in [0.29, 0.717) is 29.8 Å². The second-order valence-electron chi connectivity index (χ2n) is 4.81. The zero-order valence-electron chi connectivity index (χ0n) is 10.3. The van der Waals surface area contributed by atoms with Crippen LogP contribution >= 0.6 is 0 Å². The third-order valence-corrected chi connectivity index (χ3v) is 3.49. The molecule has 0 spiro atoms. The second kappa shape index (κ2) is 4.62. The molecule has 2 N–H and O–H groups in total. The summed E-state index contributed by atoms with van der Waals surface area (Å²) >= 11 is 0. The highest BCUT2D eigenvalue weighted by atomic mass is 19.1. The SMILES string of the molecule is O=C(O)C1CCCN1Cc1nc2ccc(F)cc2[nH]1. The van der Waals surface area contributed by atoms with Crippen LogP contribution in [0, 0.1) is 5.82 Å². The number of carboxylic acids is 1. The van der Waals surface area contributed by atoms with Crippen molar-refractivity contribution in [2.75, 3.05) is 6.54 Å². The third kappa shape index (κ3) is 2.31. The first-order valence-corrected chi connectivity index (χ1v) is 6.24. The summed E-state index contributed by atoms with van der Waals surface area (Å²) in [6.45, 7) is 1.20. The Hall–Kier alpha value is -1.95. The van der Waals surface area contributed by atoms with Gasteiger partial charge < -0.3 is 10.1 Å². The van der Waals surface area contributed by atoms with Gasteiger partial charge in [-0.3, -0.25) is 9.69 Å². The largest absolute Gasteiger partial charge is 0.480 e. The topological polar surface area (TPSA) is 69.2 Å². The van der Waals surface area contributed by atoms with Crippen molar-refractivity contribution in [2.24, 2.45) is 0 Å². The zero-order chi connectivity index (χ0) is 13.4. The van der Waals surface area contributed by atoms with Crippen LogP contribution in [-0.4, -0.2) is 38.5 Å². The van der Waals surface area contributed by atoms with Crippen molar-refractivity contribution in [3.05, 3.63) is 29.8 Å². The number of aliphatic carboxylic acids is 1. The van der Waals surface area contributed by atoms with E-state index in [1.54, 1.807) is 6.07 Å². The van der Waals surface area contributed by atoms with Crippen LogP contribution in [0.4, 0.5) is 4.39 Å². The minimum atomic E-state index is -0.792. The number of rotatable bonds is 3. The van der Waals surface area contributed by atoms with Gasteiger partial charge in [0.25, 0.3) is 0 Å². The molecule has 6 heteroatoms. The van der Waals surface area contributed by atoms with Crippen molar-refractivity contribution in [1.29, 1.82) is 0 Å². The Kier molecular flexibility index (Phi) is 2.94. The van der Waals surface area contributed by atoms with Crippen molar-refractivity contribution in [1.82, 2.24) is 14.9 Å². The van der Waals surface area contributed by atoms with Gasteiger partial charge in [0, 0.05) is 0 Å². The van der Waals surface area contributed by atoms with Gasteiger partial charge >= 0.3 is 5.97 Å². The molecule has 2 aromatic rings. The lowest BCUT2D eigenvalue weighted by atomic mass is 10.2. The third-order valence-electron chi connectivity index (χ3n) is 3.49. The minimum absolute atomic E-state index is 0.313. The molecule has 100 valence electrons. The van der Waals surface area contributed by atoms with Crippen LogP contribution in [0.3, 0.4) is 0 Å². The maximum absolute atomic E-state index is 13.1. The van der Waals surface area contributed by atoms with E-state index in [0.717, 1.165) is 13.0 Å². The molecule has 3 rings (SSSR count). The average molecular weight is 263 g/mol. The van der Waals surface area contributed by atoms with E-state index in [-0.39, 0.29) is 5.82 Å². The van der Waals surface area contributed by atoms with Gasteiger partial charge in [-0.25, -0.2) is 9.37 Å². The van der Waals surface area contributed by atoms with E-state index in [1.807, 2.05) is 4.90 Å². The maximum atomic E-state index is 13.1. The van der Waals surface area contributed by atoms with Crippen LogP contribution < -0.4 is 0 Å². The maximum Gasteiger partial charge on any atom is 0.320 e. The first-order chi connectivity index (χ1) is 9.13. The summed E-state index contributed by atoms with van der Waals surface area (Å²) in [6.07, 6.45) is 1.55. The highest BCUT2D eigenvalue weighted by molar-refractivity contribution is 5.75. The smallest absolute Gasteiger partial charge is 0.320 e. The predicted octanol–water partition coefficient (Wildman–Crippen LogP) is 1.75. The van der Waals surface area contributed by atoms with Crippen molar-refractivity contribution in [3.63, 3.8) is 0 Å². The molecule has 1 aromatic heterocycles. The Morgan fingerprint density at radius 3 is 3.21 bits per heavy atom. The summed E-state index contributed by atoms with van der Waals surface area (Å²) in [5, 5.41) is 9.12. The van der Waals surface area contributed by atoms with Crippen molar-refractivity contribution in [2.45, 2.75) is 25.4 Å². The van der Waals surface area contributed by atoms with Gasteiger partial charge in [-0.1, -0.05) is 0 Å². The van der Waals surface area contributed by atoms with Crippen LogP contribution in [0.1, 0.15) is 18.7 Å². The van der Waals surface area contributed by atoms with Gasteiger partial charge in [-0.15, -0.1) is 0 Å². The van der Waals surface area contributed by atoms with Gasteiger partial charge in [0.1, 0.15) is 17.7 Å². The molecule has 1 unspecified atom stereocenters. The van der Waals surface area contributed by atoms with Gasteiger partial charge in [0.2, 0.25) is 0 Å². The quantitative estimate of drug-likeness (QED) is 0.885. The van der Waals surface area contributed by atoms with E-state index in [4.69, 9.17) is 5.11 Å². The number of halogens is 1. The number of imidazole rings is 1. The number of nitrogens with zero attached hydrogens (tertiary/aromatic N) is 2. The Morgan fingerprint density at radius 1 is 1.58 bits per heavy atom. The molecule has 1 aliphatic rings. The summed E-state index contributed by atoms with van der Waals surface area (Å²) in [7, 11) is 0. The number of nitrogens with one attached hydrogen (secondary N) is 1. The standard InChI is InChI=1S/C13H14FN3O2/c14-8-3-4-9-10(6-8)16-12(15-9)7-17-5-1-2-11(17)13(18)19/h3-4,6,11H,1-2,5,7H2,(H,15,16)(H,18,19). The molecule has 0 amide bonds. The number of hydrogen-bond donors (Lipinski definition) is 2. The number of aromatic nitrogens is 2. The number of aromatic amines is 1. The van der Waals surface area contributed by atoms with E-state index in [2.05, 4.69) is 9.97 Å². The van der Waals surface area contributed by atoms with Crippen LogP contribution in [0.15, 0.2) is 18.2 Å². The van der Waals surface area contributed by atoms with E-state index >= 15 is 0 Å². The molecular weight excluding hydrogens is 249 g/mol. The molecular formula is C13H14FN3O2. The van der Waals surface area contributed by atoms with Crippen molar-refractivity contribution in [3.8, 4) is 0 Å². The first kappa shape index (κ1) is 12.1. The molecule has 0 bridgehead atoms. The molecule has 19 heavy (non-hydrogen) atoms. The lowest BCUT2D eigenvalue weighted by Gasteiger charge is -2.19. The van der Waals surface area contributed by atoms with Gasteiger partial charge in [0.15, 0.2) is 0 Å². The zero-order valence-corrected chi connectivity index (χ0v) is 10.3. The highest BCUT2D eigenvalue weighted by Gasteiger charge is 2.30. The Morgan fingerprint density at radius 2 is 2.42 bits per heavy atom. The van der Waals surface area contributed by atoms with Gasteiger partial charge in [-0.05, 0) is 37.6 Å². The van der Waals surface area contributed by atoms with Crippen LogP contribution in [0.2, 0.25) is 0 Å². The molecule has 1 saturated heterocycles. The number of benzene rings is 1. The normalized spacial score (nSPS) is 20.2. The number of carbonyl (C=O) groups is 1. The number of likely N-dealkylation sites (tertiary alicyclic amines) is 1. The number of H-pyrrole nitrogens is 1. The molecule has 0 saturated carbocycles. The van der Waals surface area contributed by atoms with Crippen LogP contribution in [0.5, 0.6) is 0 Å².